The van der Waals surface area contributed by atoms with Crippen LogP contribution in [0.2, 0.25) is 0 Å². The van der Waals surface area contributed by atoms with E-state index in [9.17, 15) is 18.0 Å². The zero-order valence-corrected chi connectivity index (χ0v) is 16.7. The van der Waals surface area contributed by atoms with Crippen LogP contribution in [0.1, 0.15) is 5.56 Å². The number of carbonyl (C=O) groups excluding carboxylic acids is 1. The third-order valence-corrected chi connectivity index (χ3v) is 4.16. The standard InChI is InChI=1S/C19H20F3N5O.ClH/c1-26(2)11-10-23-16(28)12-27-17(25-15-4-3-9-24-18(15)27)13-5-7-14(8-6-13)19(20,21)22;/h3-9H,10-12H2,1-2H3,(H,23,28);1H. The van der Waals surface area contributed by atoms with Gasteiger partial charge in [0.05, 0.1) is 5.56 Å². The summed E-state index contributed by atoms with van der Waals surface area (Å²) < 4.78 is 40.1. The van der Waals surface area contributed by atoms with Crippen molar-refractivity contribution >= 4 is 29.5 Å². The molecule has 6 nitrogen and oxygen atoms in total. The molecule has 0 aliphatic rings. The first kappa shape index (κ1) is 22.6. The number of imidazole rings is 1. The highest BCUT2D eigenvalue weighted by atomic mass is 35.5. The molecule has 0 saturated heterocycles. The quantitative estimate of drug-likeness (QED) is 0.656. The maximum atomic E-state index is 12.8. The predicted molar refractivity (Wildman–Crippen MR) is 107 cm³/mol. The van der Waals surface area contributed by atoms with E-state index in [1.54, 1.807) is 22.9 Å². The Hall–Kier alpha value is -2.65. The summed E-state index contributed by atoms with van der Waals surface area (Å²) >= 11 is 0. The van der Waals surface area contributed by atoms with E-state index in [2.05, 4.69) is 15.3 Å². The number of likely N-dealkylation sites (N-methyl/N-ethyl adjacent to an activating group) is 1. The SMILES string of the molecule is CN(C)CCNC(=O)Cn1c(-c2ccc(C(F)(F)F)cc2)nc2cccnc21.Cl. The predicted octanol–water partition coefficient (Wildman–Crippen LogP) is 3.22. The van der Waals surface area contributed by atoms with Gasteiger partial charge >= 0.3 is 6.18 Å². The summed E-state index contributed by atoms with van der Waals surface area (Å²) in [4.78, 5) is 23.0. The van der Waals surface area contributed by atoms with Crippen LogP contribution in [-0.4, -0.2) is 52.5 Å². The number of hydrogen-bond donors (Lipinski definition) is 1. The van der Waals surface area contributed by atoms with E-state index >= 15 is 0 Å². The van der Waals surface area contributed by atoms with Crippen molar-refractivity contribution in [3.8, 4) is 11.4 Å². The lowest BCUT2D eigenvalue weighted by molar-refractivity contribution is -0.137. The second kappa shape index (κ2) is 9.23. The molecular weight excluding hydrogens is 407 g/mol. The summed E-state index contributed by atoms with van der Waals surface area (Å²) in [6.07, 6.45) is -2.83. The maximum Gasteiger partial charge on any atom is 0.416 e. The largest absolute Gasteiger partial charge is 0.416 e. The molecule has 2 heterocycles. The van der Waals surface area contributed by atoms with Crippen molar-refractivity contribution in [3.63, 3.8) is 0 Å². The van der Waals surface area contributed by atoms with E-state index in [-0.39, 0.29) is 24.9 Å². The van der Waals surface area contributed by atoms with Crippen molar-refractivity contribution in [1.82, 2.24) is 24.8 Å². The fourth-order valence-electron chi connectivity index (χ4n) is 2.76. The molecule has 156 valence electrons. The Labute approximate surface area is 172 Å². The number of benzene rings is 1. The highest BCUT2D eigenvalue weighted by molar-refractivity contribution is 5.85. The number of aromatic nitrogens is 3. The number of carbonyl (C=O) groups is 1. The van der Waals surface area contributed by atoms with Gasteiger partial charge < -0.3 is 10.2 Å². The first-order chi connectivity index (χ1) is 13.3. The van der Waals surface area contributed by atoms with Gasteiger partial charge in [0.2, 0.25) is 5.91 Å². The van der Waals surface area contributed by atoms with Gasteiger partial charge in [0.15, 0.2) is 5.65 Å². The van der Waals surface area contributed by atoms with Crippen molar-refractivity contribution in [3.05, 3.63) is 48.2 Å². The van der Waals surface area contributed by atoms with Crippen molar-refractivity contribution in [2.24, 2.45) is 0 Å². The molecule has 0 saturated carbocycles. The van der Waals surface area contributed by atoms with Crippen LogP contribution in [0.15, 0.2) is 42.6 Å². The minimum Gasteiger partial charge on any atom is -0.353 e. The summed E-state index contributed by atoms with van der Waals surface area (Å²) in [6, 6.07) is 8.17. The average molecular weight is 428 g/mol. The summed E-state index contributed by atoms with van der Waals surface area (Å²) in [5, 5.41) is 2.82. The van der Waals surface area contributed by atoms with Crippen LogP contribution in [0.25, 0.3) is 22.6 Å². The fraction of sp³-hybridized carbons (Fsp3) is 0.316. The zero-order valence-electron chi connectivity index (χ0n) is 15.9. The van der Waals surface area contributed by atoms with Gasteiger partial charge in [-0.3, -0.25) is 9.36 Å². The highest BCUT2D eigenvalue weighted by Gasteiger charge is 2.30. The number of hydrogen-bond acceptors (Lipinski definition) is 4. The van der Waals surface area contributed by atoms with E-state index in [0.717, 1.165) is 12.1 Å². The number of amides is 1. The smallest absolute Gasteiger partial charge is 0.353 e. The van der Waals surface area contributed by atoms with Crippen molar-refractivity contribution in [1.29, 1.82) is 0 Å². The first-order valence-corrected chi connectivity index (χ1v) is 8.66. The lowest BCUT2D eigenvalue weighted by Crippen LogP contribution is -2.33. The molecule has 10 heteroatoms. The van der Waals surface area contributed by atoms with Crippen LogP contribution < -0.4 is 5.32 Å². The Morgan fingerprint density at radius 3 is 2.48 bits per heavy atom. The monoisotopic (exact) mass is 427 g/mol. The van der Waals surface area contributed by atoms with Gasteiger partial charge in [0.1, 0.15) is 17.9 Å². The number of rotatable bonds is 6. The van der Waals surface area contributed by atoms with Crippen molar-refractivity contribution < 1.29 is 18.0 Å². The molecule has 1 aromatic carbocycles. The lowest BCUT2D eigenvalue weighted by atomic mass is 10.1. The van der Waals surface area contributed by atoms with Gasteiger partial charge in [-0.2, -0.15) is 13.2 Å². The second-order valence-corrected chi connectivity index (χ2v) is 6.60. The summed E-state index contributed by atoms with van der Waals surface area (Å²) in [6.45, 7) is 1.15. The van der Waals surface area contributed by atoms with Crippen LogP contribution in [0.4, 0.5) is 13.2 Å². The molecule has 0 radical (unpaired) electrons. The van der Waals surface area contributed by atoms with Crippen LogP contribution in [0.3, 0.4) is 0 Å². The van der Waals surface area contributed by atoms with E-state index in [0.29, 0.717) is 35.6 Å². The Kier molecular flexibility index (Phi) is 7.21. The van der Waals surface area contributed by atoms with Gasteiger partial charge in [0.25, 0.3) is 0 Å². The number of alkyl halides is 3. The van der Waals surface area contributed by atoms with Crippen LogP contribution in [0.5, 0.6) is 0 Å². The molecule has 0 unspecified atom stereocenters. The van der Waals surface area contributed by atoms with E-state index in [4.69, 9.17) is 0 Å². The van der Waals surface area contributed by atoms with Crippen LogP contribution >= 0.6 is 12.4 Å². The molecule has 0 aliphatic heterocycles. The molecule has 1 N–H and O–H groups in total. The average Bonchev–Trinajstić information content (AvgIpc) is 2.99. The summed E-state index contributed by atoms with van der Waals surface area (Å²) in [5.41, 5.74) is 0.809. The number of pyridine rings is 1. The van der Waals surface area contributed by atoms with Crippen LogP contribution in [0, 0.1) is 0 Å². The second-order valence-electron chi connectivity index (χ2n) is 6.60. The van der Waals surface area contributed by atoms with Gasteiger partial charge in [0, 0.05) is 24.8 Å². The lowest BCUT2D eigenvalue weighted by Gasteiger charge is -2.12. The molecule has 1 amide bonds. The van der Waals surface area contributed by atoms with Crippen molar-refractivity contribution in [2.75, 3.05) is 27.2 Å². The molecule has 0 fully saturated rings. The number of fused-ring (bicyclic) bond motifs is 1. The van der Waals surface area contributed by atoms with E-state index in [1.165, 1.54) is 12.1 Å². The minimum absolute atomic E-state index is 0. The van der Waals surface area contributed by atoms with Gasteiger partial charge in [-0.05, 0) is 38.4 Å². The number of nitrogens with one attached hydrogen (secondary N) is 1. The summed E-state index contributed by atoms with van der Waals surface area (Å²) in [7, 11) is 3.81. The van der Waals surface area contributed by atoms with E-state index in [1.807, 2.05) is 19.0 Å². The van der Waals surface area contributed by atoms with Crippen LogP contribution in [-0.2, 0) is 17.5 Å². The highest BCUT2D eigenvalue weighted by Crippen LogP contribution is 2.31. The van der Waals surface area contributed by atoms with Gasteiger partial charge in [-0.1, -0.05) is 12.1 Å². The van der Waals surface area contributed by atoms with Gasteiger partial charge in [-0.15, -0.1) is 12.4 Å². The third-order valence-electron chi connectivity index (χ3n) is 4.16. The molecule has 0 spiro atoms. The number of halogens is 4. The Morgan fingerprint density at radius 1 is 1.17 bits per heavy atom. The number of nitrogens with zero attached hydrogens (tertiary/aromatic N) is 4. The molecule has 0 atom stereocenters. The van der Waals surface area contributed by atoms with Crippen molar-refractivity contribution in [2.45, 2.75) is 12.7 Å². The fourth-order valence-corrected chi connectivity index (χ4v) is 2.76. The minimum atomic E-state index is -4.41. The molecular formula is C19H21ClF3N5O. The molecule has 3 aromatic rings. The molecule has 3 rings (SSSR count). The Balaban J connectivity index is 0.00000300. The van der Waals surface area contributed by atoms with Gasteiger partial charge in [-0.25, -0.2) is 9.97 Å². The third kappa shape index (κ3) is 5.45. The molecule has 0 bridgehead atoms. The van der Waals surface area contributed by atoms with E-state index < -0.39 is 11.7 Å². The normalized spacial score (nSPS) is 11.5. The first-order valence-electron chi connectivity index (χ1n) is 8.66. The molecule has 0 aliphatic carbocycles. The topological polar surface area (TPSA) is 63.1 Å². The Bertz CT molecular complexity index is 970. The molecule has 29 heavy (non-hydrogen) atoms. The maximum absolute atomic E-state index is 12.8. The Morgan fingerprint density at radius 2 is 1.86 bits per heavy atom. The molecule has 2 aromatic heterocycles. The summed E-state index contributed by atoms with van der Waals surface area (Å²) in [5.74, 6) is 0.171. The zero-order chi connectivity index (χ0) is 20.3.